The van der Waals surface area contributed by atoms with Crippen LogP contribution in [0.4, 0.5) is 11.4 Å². The zero-order chi connectivity index (χ0) is 17.4. The second-order valence-corrected chi connectivity index (χ2v) is 6.41. The average Bonchev–Trinajstić information content (AvgIpc) is 2.61. The lowest BCUT2D eigenvalue weighted by Crippen LogP contribution is -2.25. The van der Waals surface area contributed by atoms with Gasteiger partial charge in [-0.15, -0.1) is 11.8 Å². The van der Waals surface area contributed by atoms with E-state index in [-0.39, 0.29) is 22.8 Å². The summed E-state index contributed by atoms with van der Waals surface area (Å²) in [7, 11) is 1.59. The van der Waals surface area contributed by atoms with Gasteiger partial charge in [-0.25, -0.2) is 0 Å². The summed E-state index contributed by atoms with van der Waals surface area (Å²) in [5.41, 5.74) is 1.44. The number of rotatable bonds is 7. The first-order chi connectivity index (χ1) is 11.6. The molecule has 0 aromatic heterocycles. The van der Waals surface area contributed by atoms with E-state index in [1.807, 2.05) is 30.3 Å². The highest BCUT2D eigenvalue weighted by Gasteiger charge is 2.15. The van der Waals surface area contributed by atoms with Crippen molar-refractivity contribution < 1.29 is 14.3 Å². The number of benzene rings is 2. The van der Waals surface area contributed by atoms with E-state index >= 15 is 0 Å². The highest BCUT2D eigenvalue weighted by Crippen LogP contribution is 2.17. The summed E-state index contributed by atoms with van der Waals surface area (Å²) in [6, 6.07) is 16.3. The highest BCUT2D eigenvalue weighted by molar-refractivity contribution is 8.01. The van der Waals surface area contributed by atoms with Crippen LogP contribution in [0, 0.1) is 0 Å². The molecule has 6 heteroatoms. The number of anilines is 2. The van der Waals surface area contributed by atoms with Crippen LogP contribution in [0.5, 0.6) is 5.75 Å². The molecule has 2 N–H and O–H groups in total. The van der Waals surface area contributed by atoms with Gasteiger partial charge in [-0.3, -0.25) is 9.59 Å². The first kappa shape index (κ1) is 17.9. The van der Waals surface area contributed by atoms with Crippen LogP contribution in [0.3, 0.4) is 0 Å². The normalized spacial score (nSPS) is 11.4. The summed E-state index contributed by atoms with van der Waals surface area (Å²) in [4.78, 5) is 24.0. The Labute approximate surface area is 145 Å². The first-order valence-corrected chi connectivity index (χ1v) is 8.55. The second kappa shape index (κ2) is 8.98. The predicted octanol–water partition coefficient (Wildman–Crippen LogP) is 3.39. The maximum Gasteiger partial charge on any atom is 0.237 e. The third-order valence-electron chi connectivity index (χ3n) is 3.25. The number of amides is 2. The van der Waals surface area contributed by atoms with Gasteiger partial charge in [0.2, 0.25) is 11.8 Å². The van der Waals surface area contributed by atoms with Crippen molar-refractivity contribution in [2.75, 3.05) is 23.5 Å². The molecule has 24 heavy (non-hydrogen) atoms. The summed E-state index contributed by atoms with van der Waals surface area (Å²) < 4.78 is 5.07. The molecule has 2 rings (SSSR count). The van der Waals surface area contributed by atoms with E-state index in [2.05, 4.69) is 10.6 Å². The quantitative estimate of drug-likeness (QED) is 0.808. The number of carbonyl (C=O) groups is 2. The molecule has 0 aliphatic carbocycles. The number of ether oxygens (including phenoxy) is 1. The number of thioether (sulfide) groups is 1. The van der Waals surface area contributed by atoms with Crippen molar-refractivity contribution in [3.63, 3.8) is 0 Å². The standard InChI is InChI=1S/C18H20N2O3S/c1-13(18(22)20-14-6-4-3-5-7-14)24-12-17(21)19-15-8-10-16(23-2)11-9-15/h3-11,13H,12H2,1-2H3,(H,19,21)(H,20,22). The van der Waals surface area contributed by atoms with Gasteiger partial charge in [0.1, 0.15) is 5.75 Å². The molecule has 0 aliphatic heterocycles. The van der Waals surface area contributed by atoms with Crippen LogP contribution in [-0.2, 0) is 9.59 Å². The predicted molar refractivity (Wildman–Crippen MR) is 98.6 cm³/mol. The number of hydrogen-bond acceptors (Lipinski definition) is 4. The van der Waals surface area contributed by atoms with Crippen LogP contribution < -0.4 is 15.4 Å². The van der Waals surface area contributed by atoms with Crippen molar-refractivity contribution in [2.24, 2.45) is 0 Å². The Bertz CT molecular complexity index is 674. The molecule has 2 amide bonds. The number of methoxy groups -OCH3 is 1. The minimum absolute atomic E-state index is 0.122. The molecule has 2 aromatic rings. The van der Waals surface area contributed by atoms with Crippen LogP contribution >= 0.6 is 11.8 Å². The van der Waals surface area contributed by atoms with Gasteiger partial charge in [-0.1, -0.05) is 18.2 Å². The Morgan fingerprint density at radius 3 is 2.25 bits per heavy atom. The zero-order valence-corrected chi connectivity index (χ0v) is 14.4. The molecule has 5 nitrogen and oxygen atoms in total. The second-order valence-electron chi connectivity index (χ2n) is 5.09. The van der Waals surface area contributed by atoms with Gasteiger partial charge in [0.15, 0.2) is 0 Å². The fourth-order valence-electron chi connectivity index (χ4n) is 1.91. The molecule has 1 unspecified atom stereocenters. The van der Waals surface area contributed by atoms with Crippen molar-refractivity contribution in [1.29, 1.82) is 0 Å². The maximum absolute atomic E-state index is 12.1. The Kier molecular flexibility index (Phi) is 6.69. The molecule has 2 aromatic carbocycles. The molecule has 0 saturated heterocycles. The van der Waals surface area contributed by atoms with Crippen molar-refractivity contribution in [3.05, 3.63) is 54.6 Å². The topological polar surface area (TPSA) is 67.4 Å². The van der Waals surface area contributed by atoms with Gasteiger partial charge in [0.05, 0.1) is 18.1 Å². The van der Waals surface area contributed by atoms with Crippen molar-refractivity contribution in [3.8, 4) is 5.75 Å². The van der Waals surface area contributed by atoms with Gasteiger partial charge >= 0.3 is 0 Å². The lowest BCUT2D eigenvalue weighted by atomic mass is 10.3. The van der Waals surface area contributed by atoms with Crippen LogP contribution in [0.2, 0.25) is 0 Å². The van der Waals surface area contributed by atoms with Gasteiger partial charge < -0.3 is 15.4 Å². The van der Waals surface area contributed by atoms with E-state index in [1.165, 1.54) is 11.8 Å². The monoisotopic (exact) mass is 344 g/mol. The van der Waals surface area contributed by atoms with Gasteiger partial charge in [-0.05, 0) is 43.3 Å². The molecule has 1 atom stereocenters. The van der Waals surface area contributed by atoms with Gasteiger partial charge in [0.25, 0.3) is 0 Å². The van der Waals surface area contributed by atoms with E-state index in [4.69, 9.17) is 4.74 Å². The number of carbonyl (C=O) groups excluding carboxylic acids is 2. The summed E-state index contributed by atoms with van der Waals surface area (Å²) in [5, 5.41) is 5.29. The van der Waals surface area contributed by atoms with E-state index in [0.29, 0.717) is 5.69 Å². The smallest absolute Gasteiger partial charge is 0.237 e. The number of nitrogens with one attached hydrogen (secondary N) is 2. The Morgan fingerprint density at radius 1 is 1.00 bits per heavy atom. The van der Waals surface area contributed by atoms with Crippen LogP contribution in [0.25, 0.3) is 0 Å². The molecule has 126 valence electrons. The summed E-state index contributed by atoms with van der Waals surface area (Å²) in [5.74, 6) is 0.664. The Hall–Kier alpha value is -2.47. The van der Waals surface area contributed by atoms with Crippen molar-refractivity contribution in [1.82, 2.24) is 0 Å². The largest absolute Gasteiger partial charge is 0.497 e. The fraction of sp³-hybridized carbons (Fsp3) is 0.222. The molecular formula is C18H20N2O3S. The lowest BCUT2D eigenvalue weighted by Gasteiger charge is -2.12. The molecule has 0 radical (unpaired) electrons. The van der Waals surface area contributed by atoms with Crippen LogP contribution in [0.15, 0.2) is 54.6 Å². The van der Waals surface area contributed by atoms with E-state index < -0.39 is 0 Å². The van der Waals surface area contributed by atoms with Crippen molar-refractivity contribution in [2.45, 2.75) is 12.2 Å². The molecule has 0 bridgehead atoms. The third-order valence-corrected chi connectivity index (χ3v) is 4.39. The number of hydrogen-bond donors (Lipinski definition) is 2. The average molecular weight is 344 g/mol. The highest BCUT2D eigenvalue weighted by atomic mass is 32.2. The molecule has 0 heterocycles. The minimum Gasteiger partial charge on any atom is -0.497 e. The number of para-hydroxylation sites is 1. The SMILES string of the molecule is COc1ccc(NC(=O)CSC(C)C(=O)Nc2ccccc2)cc1. The lowest BCUT2D eigenvalue weighted by molar-refractivity contribution is -0.115. The molecule has 0 spiro atoms. The Balaban J connectivity index is 1.76. The van der Waals surface area contributed by atoms with Crippen molar-refractivity contribution >= 4 is 35.0 Å². The van der Waals surface area contributed by atoms with Crippen LogP contribution in [0.1, 0.15) is 6.92 Å². The Morgan fingerprint density at radius 2 is 1.62 bits per heavy atom. The third kappa shape index (κ3) is 5.62. The van der Waals surface area contributed by atoms with Crippen LogP contribution in [-0.4, -0.2) is 29.9 Å². The first-order valence-electron chi connectivity index (χ1n) is 7.50. The maximum atomic E-state index is 12.1. The summed E-state index contributed by atoms with van der Waals surface area (Å²) in [6.45, 7) is 1.78. The van der Waals surface area contributed by atoms with E-state index in [1.54, 1.807) is 38.3 Å². The molecular weight excluding hydrogens is 324 g/mol. The van der Waals surface area contributed by atoms with Gasteiger partial charge in [0, 0.05) is 11.4 Å². The molecule has 0 saturated carbocycles. The molecule has 0 aliphatic rings. The summed E-state index contributed by atoms with van der Waals surface area (Å²) in [6.07, 6.45) is 0. The van der Waals surface area contributed by atoms with E-state index in [9.17, 15) is 9.59 Å². The minimum atomic E-state index is -0.327. The summed E-state index contributed by atoms with van der Waals surface area (Å²) >= 11 is 1.29. The fourth-order valence-corrected chi connectivity index (χ4v) is 2.60. The zero-order valence-electron chi connectivity index (χ0n) is 13.6. The van der Waals surface area contributed by atoms with Gasteiger partial charge in [-0.2, -0.15) is 0 Å². The molecule has 0 fully saturated rings. The van der Waals surface area contributed by atoms with E-state index in [0.717, 1.165) is 11.4 Å².